The highest BCUT2D eigenvalue weighted by molar-refractivity contribution is 5.10. The molecule has 0 radical (unpaired) electrons. The van der Waals surface area contributed by atoms with Gasteiger partial charge in [0, 0.05) is 13.1 Å². The Kier molecular flexibility index (Phi) is 6.33. The largest absolute Gasteiger partial charge is 0.314 e. The van der Waals surface area contributed by atoms with Crippen molar-refractivity contribution in [3.8, 4) is 0 Å². The van der Waals surface area contributed by atoms with Gasteiger partial charge in [0.2, 0.25) is 0 Å². The first-order valence-electron chi connectivity index (χ1n) is 7.10. The summed E-state index contributed by atoms with van der Waals surface area (Å²) in [7, 11) is 1.96. The van der Waals surface area contributed by atoms with Crippen LogP contribution in [0.5, 0.6) is 0 Å². The molecule has 0 aliphatic heterocycles. The van der Waals surface area contributed by atoms with E-state index in [-0.39, 0.29) is 0 Å². The third-order valence-electron chi connectivity index (χ3n) is 3.14. The molecular weight excluding hydrogens is 224 g/mol. The normalized spacial score (nSPS) is 11.7. The van der Waals surface area contributed by atoms with Crippen molar-refractivity contribution in [1.29, 1.82) is 0 Å². The van der Waals surface area contributed by atoms with Crippen LogP contribution in [0.2, 0.25) is 0 Å². The van der Waals surface area contributed by atoms with Crippen molar-refractivity contribution in [3.63, 3.8) is 0 Å². The second kappa shape index (κ2) is 7.52. The lowest BCUT2D eigenvalue weighted by molar-refractivity contribution is 0.459. The van der Waals surface area contributed by atoms with E-state index in [1.165, 1.54) is 12.1 Å². The zero-order valence-corrected chi connectivity index (χ0v) is 12.5. The molecule has 0 saturated carbocycles. The third-order valence-corrected chi connectivity index (χ3v) is 3.14. The van der Waals surface area contributed by atoms with E-state index in [2.05, 4.69) is 48.0 Å². The van der Waals surface area contributed by atoms with Gasteiger partial charge in [0.25, 0.3) is 0 Å². The molecule has 4 nitrogen and oxygen atoms in total. The lowest BCUT2D eigenvalue weighted by Crippen LogP contribution is -2.12. The summed E-state index contributed by atoms with van der Waals surface area (Å²) < 4.78 is 2.11. The zero-order chi connectivity index (χ0) is 13.5. The van der Waals surface area contributed by atoms with E-state index in [0.29, 0.717) is 5.92 Å². The maximum atomic E-state index is 4.31. The van der Waals surface area contributed by atoms with E-state index in [1.807, 2.05) is 7.05 Å². The molecule has 0 spiro atoms. The summed E-state index contributed by atoms with van der Waals surface area (Å²) in [6.07, 6.45) is 3.45. The molecule has 1 heterocycles. The highest BCUT2D eigenvalue weighted by Gasteiger charge is 2.12. The molecule has 0 fully saturated rings. The molecule has 0 atom stereocenters. The van der Waals surface area contributed by atoms with Crippen LogP contribution in [0, 0.1) is 11.8 Å². The standard InChI is InChI=1S/C14H28N4/c1-11(2)6-7-14-13(10-15-5)16-17-18(14)9-8-12(3)4/h11-12,15H,6-10H2,1-5H3. The van der Waals surface area contributed by atoms with Crippen molar-refractivity contribution >= 4 is 0 Å². The van der Waals surface area contributed by atoms with Crippen LogP contribution in [0.1, 0.15) is 51.9 Å². The quantitative estimate of drug-likeness (QED) is 0.773. The van der Waals surface area contributed by atoms with Crippen molar-refractivity contribution in [3.05, 3.63) is 11.4 Å². The van der Waals surface area contributed by atoms with Gasteiger partial charge in [0.1, 0.15) is 0 Å². The zero-order valence-electron chi connectivity index (χ0n) is 12.5. The Morgan fingerprint density at radius 3 is 2.33 bits per heavy atom. The number of nitrogens with zero attached hydrogens (tertiary/aromatic N) is 3. The van der Waals surface area contributed by atoms with Gasteiger partial charge in [-0.2, -0.15) is 0 Å². The van der Waals surface area contributed by atoms with Crippen molar-refractivity contribution in [2.24, 2.45) is 11.8 Å². The molecule has 0 aromatic carbocycles. The van der Waals surface area contributed by atoms with E-state index in [0.717, 1.165) is 37.5 Å². The topological polar surface area (TPSA) is 42.7 Å². The van der Waals surface area contributed by atoms with Crippen LogP contribution >= 0.6 is 0 Å². The number of hydrogen-bond donors (Lipinski definition) is 1. The minimum atomic E-state index is 0.708. The Labute approximate surface area is 111 Å². The van der Waals surface area contributed by atoms with Crippen molar-refractivity contribution in [2.45, 2.75) is 60.0 Å². The van der Waals surface area contributed by atoms with Crippen molar-refractivity contribution in [1.82, 2.24) is 20.3 Å². The fourth-order valence-electron chi connectivity index (χ4n) is 1.93. The van der Waals surface area contributed by atoms with Gasteiger partial charge in [-0.15, -0.1) is 5.10 Å². The minimum Gasteiger partial charge on any atom is -0.314 e. The van der Waals surface area contributed by atoms with Gasteiger partial charge in [-0.1, -0.05) is 32.9 Å². The lowest BCUT2D eigenvalue weighted by Gasteiger charge is -2.10. The Hall–Kier alpha value is -0.900. The molecule has 1 aromatic heterocycles. The molecular formula is C14H28N4. The van der Waals surface area contributed by atoms with E-state index in [1.54, 1.807) is 0 Å². The van der Waals surface area contributed by atoms with Gasteiger partial charge in [0.05, 0.1) is 11.4 Å². The predicted molar refractivity (Wildman–Crippen MR) is 75.4 cm³/mol. The first-order valence-corrected chi connectivity index (χ1v) is 7.10. The number of hydrogen-bond acceptors (Lipinski definition) is 3. The molecule has 0 bridgehead atoms. The highest BCUT2D eigenvalue weighted by atomic mass is 15.4. The molecule has 104 valence electrons. The van der Waals surface area contributed by atoms with Crippen LogP contribution in [0.25, 0.3) is 0 Å². The summed E-state index contributed by atoms with van der Waals surface area (Å²) in [6, 6.07) is 0. The number of nitrogens with one attached hydrogen (secondary N) is 1. The molecule has 0 aliphatic carbocycles. The SMILES string of the molecule is CNCc1nnn(CCC(C)C)c1CCC(C)C. The summed E-state index contributed by atoms with van der Waals surface area (Å²) in [5.41, 5.74) is 2.43. The molecule has 18 heavy (non-hydrogen) atoms. The minimum absolute atomic E-state index is 0.708. The van der Waals surface area contributed by atoms with Crippen LogP contribution in [0.15, 0.2) is 0 Å². The Morgan fingerprint density at radius 2 is 1.78 bits per heavy atom. The second-order valence-electron chi connectivity index (χ2n) is 5.85. The van der Waals surface area contributed by atoms with Gasteiger partial charge in [-0.3, -0.25) is 0 Å². The Morgan fingerprint density at radius 1 is 1.11 bits per heavy atom. The molecule has 0 amide bonds. The maximum Gasteiger partial charge on any atom is 0.0996 e. The fraction of sp³-hybridized carbons (Fsp3) is 0.857. The smallest absolute Gasteiger partial charge is 0.0996 e. The van der Waals surface area contributed by atoms with Crippen molar-refractivity contribution in [2.75, 3.05) is 7.05 Å². The molecule has 1 rings (SSSR count). The number of aromatic nitrogens is 3. The number of rotatable bonds is 8. The van der Waals surface area contributed by atoms with Gasteiger partial charge in [0.15, 0.2) is 0 Å². The Bertz CT molecular complexity index is 342. The second-order valence-corrected chi connectivity index (χ2v) is 5.85. The third kappa shape index (κ3) is 4.77. The van der Waals surface area contributed by atoms with Crippen LogP contribution in [0.4, 0.5) is 0 Å². The first-order chi connectivity index (χ1) is 8.54. The fourth-order valence-corrected chi connectivity index (χ4v) is 1.93. The summed E-state index contributed by atoms with van der Waals surface area (Å²) in [5.74, 6) is 1.43. The molecule has 0 unspecified atom stereocenters. The van der Waals surface area contributed by atoms with Gasteiger partial charge in [-0.25, -0.2) is 4.68 Å². The summed E-state index contributed by atoms with van der Waals surface area (Å²) in [4.78, 5) is 0. The first kappa shape index (κ1) is 15.2. The summed E-state index contributed by atoms with van der Waals surface area (Å²) >= 11 is 0. The van der Waals surface area contributed by atoms with E-state index < -0.39 is 0 Å². The Balaban J connectivity index is 2.74. The van der Waals surface area contributed by atoms with Crippen LogP contribution in [0.3, 0.4) is 0 Å². The van der Waals surface area contributed by atoms with Crippen LogP contribution in [-0.2, 0) is 19.5 Å². The summed E-state index contributed by atoms with van der Waals surface area (Å²) in [5, 5.41) is 11.8. The van der Waals surface area contributed by atoms with E-state index >= 15 is 0 Å². The average Bonchev–Trinajstić information content (AvgIpc) is 2.66. The monoisotopic (exact) mass is 252 g/mol. The summed E-state index contributed by atoms with van der Waals surface area (Å²) in [6.45, 7) is 10.8. The van der Waals surface area contributed by atoms with Crippen molar-refractivity contribution < 1.29 is 0 Å². The van der Waals surface area contributed by atoms with Gasteiger partial charge in [-0.05, 0) is 38.1 Å². The van der Waals surface area contributed by atoms with E-state index in [4.69, 9.17) is 0 Å². The maximum absolute atomic E-state index is 4.31. The lowest BCUT2D eigenvalue weighted by atomic mass is 10.0. The molecule has 0 aliphatic rings. The molecule has 0 saturated heterocycles. The van der Waals surface area contributed by atoms with Gasteiger partial charge >= 0.3 is 0 Å². The van der Waals surface area contributed by atoms with Gasteiger partial charge < -0.3 is 5.32 Å². The van der Waals surface area contributed by atoms with Crippen LogP contribution in [-0.4, -0.2) is 22.0 Å². The van der Waals surface area contributed by atoms with Crippen LogP contribution < -0.4 is 5.32 Å². The average molecular weight is 252 g/mol. The molecule has 4 heteroatoms. The predicted octanol–water partition coefficient (Wildman–Crippen LogP) is 2.63. The molecule has 1 aromatic rings. The molecule has 1 N–H and O–H groups in total. The number of aryl methyl sites for hydroxylation is 1. The highest BCUT2D eigenvalue weighted by Crippen LogP contribution is 2.14. The van der Waals surface area contributed by atoms with E-state index in [9.17, 15) is 0 Å².